The number of ether oxygens (including phenoxy) is 1. The number of aromatic nitrogens is 1. The third-order valence-electron chi connectivity index (χ3n) is 4.01. The first kappa shape index (κ1) is 13.4. The highest BCUT2D eigenvalue weighted by Gasteiger charge is 2.25. The van der Waals surface area contributed by atoms with Crippen LogP contribution in [0, 0.1) is 0 Å². The lowest BCUT2D eigenvalue weighted by molar-refractivity contribution is 0.0695. The average Bonchev–Trinajstić information content (AvgIpc) is 2.77. The number of hydrogen-bond acceptors (Lipinski definition) is 4. The molecule has 20 heavy (non-hydrogen) atoms. The Hall–Kier alpha value is -1.62. The van der Waals surface area contributed by atoms with Crippen molar-refractivity contribution >= 4 is 11.8 Å². The third kappa shape index (κ3) is 2.50. The summed E-state index contributed by atoms with van der Waals surface area (Å²) in [6.07, 6.45) is 3.99. The number of pyridine rings is 1. The summed E-state index contributed by atoms with van der Waals surface area (Å²) < 4.78 is 5.63. The Morgan fingerprint density at radius 1 is 1.45 bits per heavy atom. The molecule has 1 aromatic rings. The largest absolute Gasteiger partial charge is 0.478 e. The maximum atomic E-state index is 11.5. The van der Waals surface area contributed by atoms with Gasteiger partial charge in [0, 0.05) is 25.4 Å². The molecule has 5 heteroatoms. The first-order valence-corrected chi connectivity index (χ1v) is 7.28. The maximum Gasteiger partial charge on any atom is 0.339 e. The van der Waals surface area contributed by atoms with Gasteiger partial charge in [-0.1, -0.05) is 0 Å². The minimum Gasteiger partial charge on any atom is -0.478 e. The summed E-state index contributed by atoms with van der Waals surface area (Å²) in [6.45, 7) is 4.25. The molecule has 2 aliphatic rings. The van der Waals surface area contributed by atoms with Crippen LogP contribution in [0.25, 0.3) is 0 Å². The summed E-state index contributed by atoms with van der Waals surface area (Å²) >= 11 is 0. The van der Waals surface area contributed by atoms with Gasteiger partial charge in [0.15, 0.2) is 0 Å². The summed E-state index contributed by atoms with van der Waals surface area (Å²) in [6, 6.07) is 1.82. The van der Waals surface area contributed by atoms with Crippen molar-refractivity contribution in [3.8, 4) is 0 Å². The van der Waals surface area contributed by atoms with Gasteiger partial charge in [-0.05, 0) is 44.2 Å². The van der Waals surface area contributed by atoms with Gasteiger partial charge in [0.25, 0.3) is 0 Å². The summed E-state index contributed by atoms with van der Waals surface area (Å²) in [4.78, 5) is 18.3. The van der Waals surface area contributed by atoms with Crippen LogP contribution in [0.3, 0.4) is 0 Å². The minimum absolute atomic E-state index is 0.106. The number of aryl methyl sites for hydroxylation is 2. The number of anilines is 1. The molecule has 0 bridgehead atoms. The predicted octanol–water partition coefficient (Wildman–Crippen LogP) is 1.88. The van der Waals surface area contributed by atoms with Crippen molar-refractivity contribution in [3.63, 3.8) is 0 Å². The van der Waals surface area contributed by atoms with E-state index >= 15 is 0 Å². The van der Waals surface area contributed by atoms with E-state index in [0.717, 1.165) is 50.1 Å². The number of carbonyl (C=O) groups is 1. The monoisotopic (exact) mass is 276 g/mol. The Bertz CT molecular complexity index is 530. The zero-order chi connectivity index (χ0) is 14.1. The van der Waals surface area contributed by atoms with Crippen molar-refractivity contribution in [1.82, 2.24) is 4.98 Å². The fourth-order valence-corrected chi connectivity index (χ4v) is 3.05. The van der Waals surface area contributed by atoms with E-state index in [9.17, 15) is 9.90 Å². The molecule has 1 unspecified atom stereocenters. The van der Waals surface area contributed by atoms with Crippen molar-refractivity contribution in [1.29, 1.82) is 0 Å². The molecular weight excluding hydrogens is 256 g/mol. The van der Waals surface area contributed by atoms with Gasteiger partial charge in [-0.2, -0.15) is 0 Å². The molecule has 108 valence electrons. The first-order chi connectivity index (χ1) is 9.65. The lowest BCUT2D eigenvalue weighted by Crippen LogP contribution is -2.32. The van der Waals surface area contributed by atoms with Gasteiger partial charge in [0.2, 0.25) is 0 Å². The number of carboxylic acid groups (broad SMARTS) is 1. The lowest BCUT2D eigenvalue weighted by Gasteiger charge is -2.25. The summed E-state index contributed by atoms with van der Waals surface area (Å²) in [5, 5.41) is 9.47. The van der Waals surface area contributed by atoms with Gasteiger partial charge in [0.1, 0.15) is 11.4 Å². The molecule has 0 saturated carbocycles. The molecule has 0 spiro atoms. The van der Waals surface area contributed by atoms with E-state index < -0.39 is 5.97 Å². The molecule has 0 amide bonds. The second-order valence-electron chi connectivity index (χ2n) is 5.61. The van der Waals surface area contributed by atoms with Crippen LogP contribution in [0.4, 0.5) is 5.82 Å². The van der Waals surface area contributed by atoms with Crippen LogP contribution in [-0.4, -0.2) is 41.9 Å². The number of fused-ring (bicyclic) bond motifs is 1. The highest BCUT2D eigenvalue weighted by atomic mass is 16.5. The zero-order valence-corrected chi connectivity index (χ0v) is 11.8. The van der Waals surface area contributed by atoms with Gasteiger partial charge in [-0.3, -0.25) is 0 Å². The van der Waals surface area contributed by atoms with Crippen LogP contribution in [0.15, 0.2) is 6.07 Å². The highest BCUT2D eigenvalue weighted by Crippen LogP contribution is 2.28. The molecule has 1 aliphatic carbocycles. The van der Waals surface area contributed by atoms with Crippen LogP contribution >= 0.6 is 0 Å². The number of aromatic carboxylic acids is 1. The van der Waals surface area contributed by atoms with Crippen molar-refractivity contribution in [3.05, 3.63) is 22.9 Å². The Labute approximate surface area is 118 Å². The molecule has 5 nitrogen and oxygen atoms in total. The van der Waals surface area contributed by atoms with E-state index in [1.807, 2.05) is 13.0 Å². The van der Waals surface area contributed by atoms with Crippen molar-refractivity contribution < 1.29 is 14.6 Å². The Kier molecular flexibility index (Phi) is 3.61. The van der Waals surface area contributed by atoms with Crippen molar-refractivity contribution in [2.45, 2.75) is 38.7 Å². The molecular formula is C15H20N2O3. The molecule has 1 atom stereocenters. The summed E-state index contributed by atoms with van der Waals surface area (Å²) in [5.74, 6) is -0.268. The lowest BCUT2D eigenvalue weighted by atomic mass is 10.1. The maximum absolute atomic E-state index is 11.5. The second-order valence-corrected chi connectivity index (χ2v) is 5.61. The molecule has 1 aromatic heterocycles. The van der Waals surface area contributed by atoms with E-state index in [1.54, 1.807) is 0 Å². The fraction of sp³-hybridized carbons (Fsp3) is 0.600. The van der Waals surface area contributed by atoms with Gasteiger partial charge in [-0.25, -0.2) is 9.78 Å². The molecule has 1 N–H and O–H groups in total. The predicted molar refractivity (Wildman–Crippen MR) is 75.5 cm³/mol. The number of carboxylic acids is 1. The van der Waals surface area contributed by atoms with Gasteiger partial charge in [-0.15, -0.1) is 0 Å². The summed E-state index contributed by atoms with van der Waals surface area (Å²) in [5.41, 5.74) is 2.51. The van der Waals surface area contributed by atoms with Crippen molar-refractivity contribution in [2.75, 3.05) is 24.6 Å². The van der Waals surface area contributed by atoms with E-state index in [4.69, 9.17) is 4.74 Å². The van der Waals surface area contributed by atoms with Crippen LogP contribution in [0.2, 0.25) is 0 Å². The van der Waals surface area contributed by atoms with Gasteiger partial charge >= 0.3 is 5.97 Å². The smallest absolute Gasteiger partial charge is 0.339 e. The van der Waals surface area contributed by atoms with Gasteiger partial charge in [0.05, 0.1) is 6.10 Å². The van der Waals surface area contributed by atoms with Crippen LogP contribution in [0.1, 0.15) is 41.4 Å². The molecule has 1 fully saturated rings. The Morgan fingerprint density at radius 3 is 3.10 bits per heavy atom. The molecule has 2 heterocycles. The molecule has 0 aromatic carbocycles. The first-order valence-electron chi connectivity index (χ1n) is 7.28. The van der Waals surface area contributed by atoms with E-state index in [-0.39, 0.29) is 6.10 Å². The summed E-state index contributed by atoms with van der Waals surface area (Å²) in [7, 11) is 0. The highest BCUT2D eigenvalue weighted by molar-refractivity contribution is 5.93. The van der Waals surface area contributed by atoms with Crippen LogP contribution in [-0.2, 0) is 17.6 Å². The van der Waals surface area contributed by atoms with E-state index in [0.29, 0.717) is 17.9 Å². The fourth-order valence-electron chi connectivity index (χ4n) is 3.05. The quantitative estimate of drug-likeness (QED) is 0.893. The molecule has 0 radical (unpaired) electrons. The van der Waals surface area contributed by atoms with E-state index in [1.165, 1.54) is 0 Å². The van der Waals surface area contributed by atoms with Crippen LogP contribution in [0.5, 0.6) is 0 Å². The zero-order valence-electron chi connectivity index (χ0n) is 11.8. The minimum atomic E-state index is -0.889. The number of rotatable bonds is 2. The average molecular weight is 276 g/mol. The standard InChI is InChI=1S/C15H20N2O3/c1-10-9-17(6-3-7-20-10)14-12(15(18)19)8-11-4-2-5-13(11)16-14/h8,10H,2-7,9H2,1H3,(H,18,19). The molecule has 3 rings (SSSR count). The van der Waals surface area contributed by atoms with E-state index in [2.05, 4.69) is 9.88 Å². The van der Waals surface area contributed by atoms with Crippen LogP contribution < -0.4 is 4.90 Å². The second kappa shape index (κ2) is 5.40. The van der Waals surface area contributed by atoms with Gasteiger partial charge < -0.3 is 14.7 Å². The third-order valence-corrected chi connectivity index (χ3v) is 4.01. The number of hydrogen-bond donors (Lipinski definition) is 1. The Morgan fingerprint density at radius 2 is 2.30 bits per heavy atom. The number of nitrogens with zero attached hydrogens (tertiary/aromatic N) is 2. The molecule has 1 saturated heterocycles. The normalized spacial score (nSPS) is 22.4. The topological polar surface area (TPSA) is 62.7 Å². The Balaban J connectivity index is 2.00. The SMILES string of the molecule is CC1CN(c2nc3c(cc2C(=O)O)CCC3)CCCO1. The molecule has 1 aliphatic heterocycles. The van der Waals surface area contributed by atoms with Crippen molar-refractivity contribution in [2.24, 2.45) is 0 Å².